The van der Waals surface area contributed by atoms with Gasteiger partial charge in [-0.15, -0.1) is 0 Å². The molecule has 3 aromatic carbocycles. The number of aliphatic imine (C=N–C) groups is 1. The Balaban J connectivity index is 1.87. The van der Waals surface area contributed by atoms with Crippen molar-refractivity contribution in [3.63, 3.8) is 0 Å². The first-order chi connectivity index (χ1) is 12.7. The lowest BCUT2D eigenvalue weighted by Gasteiger charge is -2.10. The van der Waals surface area contributed by atoms with Crippen LogP contribution in [0, 0.1) is 6.92 Å². The van der Waals surface area contributed by atoms with E-state index in [1.54, 1.807) is 11.8 Å². The lowest BCUT2D eigenvalue weighted by Crippen LogP contribution is -2.09. The zero-order chi connectivity index (χ0) is 18.2. The summed E-state index contributed by atoms with van der Waals surface area (Å²) in [4.78, 5) is 5.90. The average Bonchev–Trinajstić information content (AvgIpc) is 2.69. The minimum atomic E-state index is 0.600. The molecule has 0 radical (unpaired) electrons. The van der Waals surface area contributed by atoms with E-state index in [2.05, 4.69) is 36.6 Å². The third-order valence-corrected chi connectivity index (χ3v) is 4.69. The molecule has 2 nitrogen and oxygen atoms in total. The first-order valence-corrected chi connectivity index (χ1v) is 9.36. The number of aryl methyl sites for hydroxylation is 1. The number of ether oxygens (including phenoxy) is 1. The summed E-state index contributed by atoms with van der Waals surface area (Å²) in [6.45, 7) is 4.09. The SMILES string of the molecule is CC(=CSc1ccccc1)C(=Nc1ccc(C)cc1)Oc1ccccc1. The smallest absolute Gasteiger partial charge is 0.223 e. The molecule has 26 heavy (non-hydrogen) atoms. The molecule has 0 amide bonds. The van der Waals surface area contributed by atoms with Gasteiger partial charge in [0.1, 0.15) is 5.75 Å². The van der Waals surface area contributed by atoms with Crippen LogP contribution in [0.2, 0.25) is 0 Å². The van der Waals surface area contributed by atoms with Crippen LogP contribution in [-0.2, 0) is 0 Å². The fraction of sp³-hybridized carbons (Fsp3) is 0.0870. The molecular weight excluding hydrogens is 338 g/mol. The Kier molecular flexibility index (Phi) is 6.29. The van der Waals surface area contributed by atoms with E-state index in [-0.39, 0.29) is 0 Å². The minimum absolute atomic E-state index is 0.600. The highest BCUT2D eigenvalue weighted by Gasteiger charge is 2.07. The van der Waals surface area contributed by atoms with E-state index in [0.717, 1.165) is 17.0 Å². The lowest BCUT2D eigenvalue weighted by molar-refractivity contribution is 0.551. The van der Waals surface area contributed by atoms with Crippen molar-refractivity contribution in [3.05, 3.63) is 101 Å². The highest BCUT2D eigenvalue weighted by molar-refractivity contribution is 8.02. The number of hydrogen-bond donors (Lipinski definition) is 0. The molecule has 0 unspecified atom stereocenters. The zero-order valence-electron chi connectivity index (χ0n) is 14.9. The molecule has 3 heteroatoms. The molecule has 0 fully saturated rings. The van der Waals surface area contributed by atoms with Crippen LogP contribution >= 0.6 is 11.8 Å². The molecule has 3 rings (SSSR count). The largest absolute Gasteiger partial charge is 0.439 e. The molecule has 0 heterocycles. The van der Waals surface area contributed by atoms with Gasteiger partial charge in [-0.2, -0.15) is 0 Å². The monoisotopic (exact) mass is 359 g/mol. The van der Waals surface area contributed by atoms with E-state index >= 15 is 0 Å². The number of benzene rings is 3. The predicted molar refractivity (Wildman–Crippen MR) is 111 cm³/mol. The van der Waals surface area contributed by atoms with Gasteiger partial charge in [-0.3, -0.25) is 0 Å². The summed E-state index contributed by atoms with van der Waals surface area (Å²) in [5.41, 5.74) is 3.06. The van der Waals surface area contributed by atoms with Gasteiger partial charge in [-0.05, 0) is 55.7 Å². The van der Waals surface area contributed by atoms with Gasteiger partial charge in [0.05, 0.1) is 5.69 Å². The van der Waals surface area contributed by atoms with Crippen molar-refractivity contribution >= 4 is 23.3 Å². The second-order valence-corrected chi connectivity index (χ2v) is 6.84. The third kappa shape index (κ3) is 5.36. The Hall–Kier alpha value is -2.78. The Bertz CT molecular complexity index is 885. The van der Waals surface area contributed by atoms with Crippen molar-refractivity contribution in [2.24, 2.45) is 4.99 Å². The van der Waals surface area contributed by atoms with Gasteiger partial charge in [0.2, 0.25) is 5.90 Å². The maximum absolute atomic E-state index is 6.07. The highest BCUT2D eigenvalue weighted by atomic mass is 32.2. The van der Waals surface area contributed by atoms with Crippen LogP contribution < -0.4 is 4.74 Å². The normalized spacial score (nSPS) is 12.1. The molecule has 0 N–H and O–H groups in total. The van der Waals surface area contributed by atoms with Crippen molar-refractivity contribution in [1.29, 1.82) is 0 Å². The van der Waals surface area contributed by atoms with Crippen LogP contribution in [0.15, 0.2) is 106 Å². The van der Waals surface area contributed by atoms with Gasteiger partial charge in [0.15, 0.2) is 0 Å². The molecule has 0 saturated heterocycles. The van der Waals surface area contributed by atoms with Gasteiger partial charge in [-0.25, -0.2) is 4.99 Å². The molecule has 0 aromatic heterocycles. The Morgan fingerprint density at radius 2 is 1.46 bits per heavy atom. The van der Waals surface area contributed by atoms with Crippen molar-refractivity contribution in [1.82, 2.24) is 0 Å². The van der Waals surface area contributed by atoms with Crippen LogP contribution in [0.3, 0.4) is 0 Å². The molecular formula is C23H21NOS. The summed E-state index contributed by atoms with van der Waals surface area (Å²) >= 11 is 1.66. The van der Waals surface area contributed by atoms with Crippen molar-refractivity contribution in [2.75, 3.05) is 0 Å². The van der Waals surface area contributed by atoms with Gasteiger partial charge in [-0.1, -0.05) is 65.9 Å². The van der Waals surface area contributed by atoms with E-state index in [9.17, 15) is 0 Å². The van der Waals surface area contributed by atoms with E-state index in [1.807, 2.05) is 67.6 Å². The second-order valence-electron chi connectivity index (χ2n) is 5.90. The van der Waals surface area contributed by atoms with Gasteiger partial charge < -0.3 is 4.74 Å². The topological polar surface area (TPSA) is 21.6 Å². The summed E-state index contributed by atoms with van der Waals surface area (Å²) in [5.74, 6) is 1.37. The van der Waals surface area contributed by atoms with Crippen molar-refractivity contribution in [3.8, 4) is 5.75 Å². The Labute approximate surface area is 159 Å². The minimum Gasteiger partial charge on any atom is -0.439 e. The zero-order valence-corrected chi connectivity index (χ0v) is 15.7. The van der Waals surface area contributed by atoms with Crippen LogP contribution in [-0.4, -0.2) is 5.90 Å². The Morgan fingerprint density at radius 1 is 0.846 bits per heavy atom. The number of thioether (sulfide) groups is 1. The van der Waals surface area contributed by atoms with Crippen LogP contribution in [0.4, 0.5) is 5.69 Å². The number of nitrogens with zero attached hydrogens (tertiary/aromatic N) is 1. The first-order valence-electron chi connectivity index (χ1n) is 8.48. The molecule has 0 aliphatic heterocycles. The standard InChI is InChI=1S/C23H21NOS/c1-18-13-15-20(16-14-18)24-23(25-21-9-5-3-6-10-21)19(2)17-26-22-11-7-4-8-12-22/h3-17H,1-2H3. The van der Waals surface area contributed by atoms with Crippen LogP contribution in [0.5, 0.6) is 5.75 Å². The molecule has 0 spiro atoms. The average molecular weight is 359 g/mol. The summed E-state index contributed by atoms with van der Waals surface area (Å²) in [5, 5.41) is 2.07. The summed E-state index contributed by atoms with van der Waals surface area (Å²) in [7, 11) is 0. The van der Waals surface area contributed by atoms with E-state index in [0.29, 0.717) is 5.90 Å². The first kappa shape index (κ1) is 18.0. The number of para-hydroxylation sites is 1. The fourth-order valence-electron chi connectivity index (χ4n) is 2.23. The highest BCUT2D eigenvalue weighted by Crippen LogP contribution is 2.23. The summed E-state index contributed by atoms with van der Waals surface area (Å²) in [6, 6.07) is 28.1. The summed E-state index contributed by atoms with van der Waals surface area (Å²) < 4.78 is 6.07. The van der Waals surface area contributed by atoms with E-state index in [4.69, 9.17) is 9.73 Å². The van der Waals surface area contributed by atoms with Crippen LogP contribution in [0.1, 0.15) is 12.5 Å². The molecule has 0 atom stereocenters. The van der Waals surface area contributed by atoms with Gasteiger partial charge in [0, 0.05) is 10.5 Å². The maximum Gasteiger partial charge on any atom is 0.223 e. The van der Waals surface area contributed by atoms with Gasteiger partial charge >= 0.3 is 0 Å². The molecule has 3 aromatic rings. The van der Waals surface area contributed by atoms with Crippen molar-refractivity contribution < 1.29 is 4.74 Å². The second kappa shape index (κ2) is 9.07. The number of rotatable bonds is 5. The maximum atomic E-state index is 6.07. The van der Waals surface area contributed by atoms with Crippen LogP contribution in [0.25, 0.3) is 0 Å². The van der Waals surface area contributed by atoms with E-state index < -0.39 is 0 Å². The van der Waals surface area contributed by atoms with Gasteiger partial charge in [0.25, 0.3) is 0 Å². The molecule has 0 aliphatic carbocycles. The summed E-state index contributed by atoms with van der Waals surface area (Å²) in [6.07, 6.45) is 0. The Morgan fingerprint density at radius 3 is 2.12 bits per heavy atom. The van der Waals surface area contributed by atoms with Crippen molar-refractivity contribution in [2.45, 2.75) is 18.7 Å². The van der Waals surface area contributed by atoms with E-state index in [1.165, 1.54) is 10.5 Å². The molecule has 130 valence electrons. The third-order valence-electron chi connectivity index (χ3n) is 3.67. The quantitative estimate of drug-likeness (QED) is 0.284. The predicted octanol–water partition coefficient (Wildman–Crippen LogP) is 6.80. The molecule has 0 aliphatic rings. The molecule has 0 saturated carbocycles. The fourth-order valence-corrected chi connectivity index (χ4v) is 2.96. The number of hydrogen-bond acceptors (Lipinski definition) is 3. The lowest BCUT2D eigenvalue weighted by atomic mass is 10.2. The molecule has 0 bridgehead atoms.